The number of nitrogens with zero attached hydrogens (tertiary/aromatic N) is 2. The Labute approximate surface area is 99.9 Å². The first-order chi connectivity index (χ1) is 8.14. The smallest absolute Gasteiger partial charge is 0.244 e. The fraction of sp³-hybridized carbons (Fsp3) is 0.500. The van der Waals surface area contributed by atoms with Crippen molar-refractivity contribution in [1.29, 1.82) is 0 Å². The minimum atomic E-state index is -3.53. The van der Waals surface area contributed by atoms with Gasteiger partial charge in [0.1, 0.15) is 4.90 Å². The van der Waals surface area contributed by atoms with Crippen molar-refractivity contribution < 1.29 is 18.3 Å². The Bertz CT molecular complexity index is 462. The SMILES string of the molecule is O=S(=O)(c1cccnc1)N1CCOC(CO)C1. The molecule has 2 rings (SSSR count). The van der Waals surface area contributed by atoms with E-state index in [9.17, 15) is 8.42 Å². The summed E-state index contributed by atoms with van der Waals surface area (Å²) < 4.78 is 30.9. The zero-order valence-corrected chi connectivity index (χ0v) is 10.0. The van der Waals surface area contributed by atoms with Crippen molar-refractivity contribution in [3.8, 4) is 0 Å². The molecule has 7 heteroatoms. The van der Waals surface area contributed by atoms with Crippen LogP contribution in [0.4, 0.5) is 0 Å². The molecule has 0 amide bonds. The highest BCUT2D eigenvalue weighted by Crippen LogP contribution is 2.17. The molecule has 0 aromatic carbocycles. The van der Waals surface area contributed by atoms with E-state index < -0.39 is 16.1 Å². The summed E-state index contributed by atoms with van der Waals surface area (Å²) in [4.78, 5) is 3.96. The number of hydrogen-bond acceptors (Lipinski definition) is 5. The van der Waals surface area contributed by atoms with Crippen molar-refractivity contribution in [2.45, 2.75) is 11.0 Å². The molecule has 2 heterocycles. The first-order valence-corrected chi connectivity index (χ1v) is 6.71. The molecule has 0 bridgehead atoms. The van der Waals surface area contributed by atoms with Gasteiger partial charge in [0.2, 0.25) is 10.0 Å². The predicted molar refractivity (Wildman–Crippen MR) is 59.8 cm³/mol. The maximum Gasteiger partial charge on any atom is 0.244 e. The number of morpholine rings is 1. The van der Waals surface area contributed by atoms with Gasteiger partial charge in [-0.3, -0.25) is 4.98 Å². The van der Waals surface area contributed by atoms with E-state index in [1.807, 2.05) is 0 Å². The molecule has 1 aromatic rings. The zero-order chi connectivity index (χ0) is 12.3. The molecule has 0 radical (unpaired) electrons. The summed E-state index contributed by atoms with van der Waals surface area (Å²) >= 11 is 0. The van der Waals surface area contributed by atoms with Gasteiger partial charge < -0.3 is 9.84 Å². The van der Waals surface area contributed by atoms with Gasteiger partial charge in [-0.1, -0.05) is 0 Å². The number of rotatable bonds is 3. The van der Waals surface area contributed by atoms with E-state index in [4.69, 9.17) is 9.84 Å². The molecule has 17 heavy (non-hydrogen) atoms. The van der Waals surface area contributed by atoms with E-state index in [0.29, 0.717) is 13.2 Å². The molecule has 0 spiro atoms. The molecule has 1 unspecified atom stereocenters. The Morgan fingerprint density at radius 2 is 2.41 bits per heavy atom. The maximum absolute atomic E-state index is 12.2. The molecule has 94 valence electrons. The van der Waals surface area contributed by atoms with Crippen molar-refractivity contribution in [2.75, 3.05) is 26.3 Å². The van der Waals surface area contributed by atoms with Crippen LogP contribution in [0.25, 0.3) is 0 Å². The lowest BCUT2D eigenvalue weighted by Gasteiger charge is -2.31. The molecule has 1 atom stereocenters. The van der Waals surface area contributed by atoms with Crippen molar-refractivity contribution in [3.63, 3.8) is 0 Å². The second-order valence-corrected chi connectivity index (χ2v) is 5.67. The number of aliphatic hydroxyl groups is 1. The predicted octanol–water partition coefficient (Wildman–Crippen LogP) is -0.537. The number of sulfonamides is 1. The molecule has 6 nitrogen and oxygen atoms in total. The molecule has 1 fully saturated rings. The third-order valence-corrected chi connectivity index (χ3v) is 4.43. The molecular weight excluding hydrogens is 244 g/mol. The second-order valence-electron chi connectivity index (χ2n) is 3.73. The topological polar surface area (TPSA) is 79.7 Å². The van der Waals surface area contributed by atoms with E-state index in [-0.39, 0.29) is 18.0 Å². The highest BCUT2D eigenvalue weighted by Gasteiger charge is 2.30. The number of aromatic nitrogens is 1. The normalized spacial score (nSPS) is 22.5. The van der Waals surface area contributed by atoms with Gasteiger partial charge in [-0.25, -0.2) is 8.42 Å². The Morgan fingerprint density at radius 1 is 1.59 bits per heavy atom. The molecule has 1 aromatic heterocycles. The summed E-state index contributed by atoms with van der Waals surface area (Å²) in [5, 5.41) is 8.99. The fourth-order valence-corrected chi connectivity index (χ4v) is 3.09. The summed E-state index contributed by atoms with van der Waals surface area (Å²) in [6.45, 7) is 0.589. The quantitative estimate of drug-likeness (QED) is 0.788. The number of aliphatic hydroxyl groups excluding tert-OH is 1. The molecular formula is C10H14N2O4S. The van der Waals surface area contributed by atoms with Crippen LogP contribution in [0.2, 0.25) is 0 Å². The van der Waals surface area contributed by atoms with Gasteiger partial charge in [-0.05, 0) is 12.1 Å². The minimum absolute atomic E-state index is 0.165. The molecule has 1 aliphatic rings. The Morgan fingerprint density at radius 3 is 3.06 bits per heavy atom. The second kappa shape index (κ2) is 5.09. The summed E-state index contributed by atoms with van der Waals surface area (Å²) in [6.07, 6.45) is 2.39. The summed E-state index contributed by atoms with van der Waals surface area (Å²) in [7, 11) is -3.53. The molecule has 0 saturated carbocycles. The standard InChI is InChI=1S/C10H14N2O4S/c13-8-9-7-12(4-5-16-9)17(14,15)10-2-1-3-11-6-10/h1-3,6,9,13H,4-5,7-8H2. The Balaban J connectivity index is 2.21. The van der Waals surface area contributed by atoms with Gasteiger partial charge in [-0.2, -0.15) is 4.31 Å². The molecule has 1 aliphatic heterocycles. The molecule has 1 saturated heterocycles. The summed E-state index contributed by atoms with van der Waals surface area (Å²) in [5.41, 5.74) is 0. The van der Waals surface area contributed by atoms with Crippen LogP contribution >= 0.6 is 0 Å². The first kappa shape index (κ1) is 12.4. The molecule has 1 N–H and O–H groups in total. The Kier molecular flexibility index (Phi) is 3.72. The van der Waals surface area contributed by atoms with Gasteiger partial charge in [0.15, 0.2) is 0 Å². The average molecular weight is 258 g/mol. The van der Waals surface area contributed by atoms with Crippen LogP contribution < -0.4 is 0 Å². The molecule has 0 aliphatic carbocycles. The van der Waals surface area contributed by atoms with Gasteiger partial charge in [0.05, 0.1) is 19.3 Å². The third kappa shape index (κ3) is 2.63. The number of hydrogen-bond donors (Lipinski definition) is 1. The highest BCUT2D eigenvalue weighted by atomic mass is 32.2. The van der Waals surface area contributed by atoms with E-state index in [1.165, 1.54) is 22.8 Å². The largest absolute Gasteiger partial charge is 0.394 e. The monoisotopic (exact) mass is 258 g/mol. The van der Waals surface area contributed by atoms with E-state index in [1.54, 1.807) is 6.07 Å². The van der Waals surface area contributed by atoms with Gasteiger partial charge in [0.25, 0.3) is 0 Å². The highest BCUT2D eigenvalue weighted by molar-refractivity contribution is 7.89. The summed E-state index contributed by atoms with van der Waals surface area (Å²) in [6, 6.07) is 3.09. The van der Waals surface area contributed by atoms with Crippen LogP contribution in [0.3, 0.4) is 0 Å². The van der Waals surface area contributed by atoms with Crippen molar-refractivity contribution in [1.82, 2.24) is 9.29 Å². The van der Waals surface area contributed by atoms with Crippen LogP contribution in [-0.4, -0.2) is 55.2 Å². The first-order valence-electron chi connectivity index (χ1n) is 5.27. The Hall–Kier alpha value is -1.02. The number of ether oxygens (including phenoxy) is 1. The van der Waals surface area contributed by atoms with Crippen molar-refractivity contribution in [3.05, 3.63) is 24.5 Å². The van der Waals surface area contributed by atoms with E-state index in [2.05, 4.69) is 4.98 Å². The van der Waals surface area contributed by atoms with Crippen molar-refractivity contribution >= 4 is 10.0 Å². The lowest BCUT2D eigenvalue weighted by Crippen LogP contribution is -2.46. The van der Waals surface area contributed by atoms with Crippen LogP contribution in [0.1, 0.15) is 0 Å². The van der Waals surface area contributed by atoms with E-state index >= 15 is 0 Å². The lowest BCUT2D eigenvalue weighted by molar-refractivity contribution is -0.0304. The minimum Gasteiger partial charge on any atom is -0.394 e. The van der Waals surface area contributed by atoms with Crippen LogP contribution in [0, 0.1) is 0 Å². The van der Waals surface area contributed by atoms with Crippen molar-refractivity contribution in [2.24, 2.45) is 0 Å². The van der Waals surface area contributed by atoms with Crippen LogP contribution in [-0.2, 0) is 14.8 Å². The average Bonchev–Trinajstić information content (AvgIpc) is 2.40. The van der Waals surface area contributed by atoms with Gasteiger partial charge >= 0.3 is 0 Å². The maximum atomic E-state index is 12.2. The summed E-state index contributed by atoms with van der Waals surface area (Å²) in [5.74, 6) is 0. The van der Waals surface area contributed by atoms with Gasteiger partial charge in [0, 0.05) is 25.5 Å². The van der Waals surface area contributed by atoms with Crippen LogP contribution in [0.15, 0.2) is 29.4 Å². The lowest BCUT2D eigenvalue weighted by atomic mass is 10.3. The fourth-order valence-electron chi connectivity index (χ4n) is 1.67. The number of pyridine rings is 1. The zero-order valence-electron chi connectivity index (χ0n) is 9.19. The third-order valence-electron chi connectivity index (χ3n) is 2.58. The van der Waals surface area contributed by atoms with E-state index in [0.717, 1.165) is 0 Å². The van der Waals surface area contributed by atoms with Gasteiger partial charge in [-0.15, -0.1) is 0 Å². The van der Waals surface area contributed by atoms with Crippen LogP contribution in [0.5, 0.6) is 0 Å².